The van der Waals surface area contributed by atoms with Gasteiger partial charge >= 0.3 is 0 Å². The van der Waals surface area contributed by atoms with Crippen molar-refractivity contribution in [2.45, 2.75) is 25.9 Å². The molecular weight excluding hydrogens is 180 g/mol. The van der Waals surface area contributed by atoms with E-state index in [4.69, 9.17) is 0 Å². The first kappa shape index (κ1) is 10.7. The Bertz CT molecular complexity index is 229. The standard InChI is InChI=1S/C10H18N2S/c1-10(2,11-3)8-12-6-9-4-5-13-7-9/h4-5,7,11-12H,6,8H2,1-3H3. The molecule has 0 aromatic carbocycles. The minimum atomic E-state index is 0.177. The van der Waals surface area contributed by atoms with E-state index in [0.717, 1.165) is 13.1 Å². The van der Waals surface area contributed by atoms with Gasteiger partial charge in [-0.3, -0.25) is 0 Å². The fraction of sp³-hybridized carbons (Fsp3) is 0.600. The lowest BCUT2D eigenvalue weighted by molar-refractivity contribution is 0.393. The molecule has 3 heteroatoms. The summed E-state index contributed by atoms with van der Waals surface area (Å²) in [6.45, 7) is 6.33. The Balaban J connectivity index is 2.21. The van der Waals surface area contributed by atoms with Crippen LogP contribution in [0.2, 0.25) is 0 Å². The Morgan fingerprint density at radius 3 is 2.77 bits per heavy atom. The molecule has 0 fully saturated rings. The van der Waals surface area contributed by atoms with E-state index in [1.54, 1.807) is 11.3 Å². The van der Waals surface area contributed by atoms with E-state index in [2.05, 4.69) is 41.3 Å². The molecule has 0 amide bonds. The Hall–Kier alpha value is -0.380. The predicted molar refractivity (Wildman–Crippen MR) is 59.2 cm³/mol. The van der Waals surface area contributed by atoms with Gasteiger partial charge in [-0.05, 0) is 43.3 Å². The third-order valence-corrected chi connectivity index (χ3v) is 2.88. The molecule has 2 N–H and O–H groups in total. The average molecular weight is 198 g/mol. The van der Waals surface area contributed by atoms with E-state index in [0.29, 0.717) is 0 Å². The summed E-state index contributed by atoms with van der Waals surface area (Å²) in [7, 11) is 1.99. The Labute approximate surface area is 84.4 Å². The summed E-state index contributed by atoms with van der Waals surface area (Å²) in [6.07, 6.45) is 0. The molecule has 0 atom stereocenters. The molecule has 0 spiro atoms. The second-order valence-electron chi connectivity index (χ2n) is 3.87. The number of nitrogens with one attached hydrogen (secondary N) is 2. The first-order valence-electron chi connectivity index (χ1n) is 4.55. The molecule has 74 valence electrons. The van der Waals surface area contributed by atoms with Gasteiger partial charge in [0.05, 0.1) is 0 Å². The van der Waals surface area contributed by atoms with E-state index in [9.17, 15) is 0 Å². The van der Waals surface area contributed by atoms with Crippen LogP contribution in [0.1, 0.15) is 19.4 Å². The summed E-state index contributed by atoms with van der Waals surface area (Å²) in [6, 6.07) is 2.16. The monoisotopic (exact) mass is 198 g/mol. The number of likely N-dealkylation sites (N-methyl/N-ethyl adjacent to an activating group) is 1. The summed E-state index contributed by atoms with van der Waals surface area (Å²) in [4.78, 5) is 0. The SMILES string of the molecule is CNC(C)(C)CNCc1ccsc1. The third-order valence-electron chi connectivity index (χ3n) is 2.15. The van der Waals surface area contributed by atoms with Gasteiger partial charge < -0.3 is 10.6 Å². The van der Waals surface area contributed by atoms with Crippen LogP contribution in [-0.4, -0.2) is 19.1 Å². The van der Waals surface area contributed by atoms with Crippen LogP contribution in [0.4, 0.5) is 0 Å². The third kappa shape index (κ3) is 3.89. The highest BCUT2D eigenvalue weighted by Crippen LogP contribution is 2.05. The smallest absolute Gasteiger partial charge is 0.0246 e. The molecule has 13 heavy (non-hydrogen) atoms. The Morgan fingerprint density at radius 2 is 2.23 bits per heavy atom. The molecule has 2 nitrogen and oxygen atoms in total. The van der Waals surface area contributed by atoms with E-state index < -0.39 is 0 Å². The van der Waals surface area contributed by atoms with Crippen LogP contribution in [0.15, 0.2) is 16.8 Å². The molecular formula is C10H18N2S. The first-order valence-corrected chi connectivity index (χ1v) is 5.49. The summed E-state index contributed by atoms with van der Waals surface area (Å²) in [5, 5.41) is 11.0. The molecule has 0 radical (unpaired) electrons. The zero-order valence-electron chi connectivity index (χ0n) is 8.55. The number of hydrogen-bond acceptors (Lipinski definition) is 3. The minimum absolute atomic E-state index is 0.177. The summed E-state index contributed by atoms with van der Waals surface area (Å²) in [5.74, 6) is 0. The molecule has 0 bridgehead atoms. The van der Waals surface area contributed by atoms with Gasteiger partial charge in [0.2, 0.25) is 0 Å². The second kappa shape index (κ2) is 4.74. The number of thiophene rings is 1. The van der Waals surface area contributed by atoms with Crippen LogP contribution in [0.25, 0.3) is 0 Å². The van der Waals surface area contributed by atoms with Crippen molar-refractivity contribution in [2.24, 2.45) is 0 Å². The van der Waals surface area contributed by atoms with Crippen LogP contribution >= 0.6 is 11.3 Å². The van der Waals surface area contributed by atoms with Crippen molar-refractivity contribution >= 4 is 11.3 Å². The molecule has 1 heterocycles. The number of hydrogen-bond donors (Lipinski definition) is 2. The predicted octanol–water partition coefficient (Wildman–Crippen LogP) is 1.84. The molecule has 1 rings (SSSR count). The topological polar surface area (TPSA) is 24.1 Å². The zero-order valence-corrected chi connectivity index (χ0v) is 9.37. The van der Waals surface area contributed by atoms with Gasteiger partial charge in [0.15, 0.2) is 0 Å². The lowest BCUT2D eigenvalue weighted by Crippen LogP contribution is -2.45. The van der Waals surface area contributed by atoms with Crippen LogP contribution in [0.5, 0.6) is 0 Å². The lowest BCUT2D eigenvalue weighted by Gasteiger charge is -2.24. The fourth-order valence-electron chi connectivity index (χ4n) is 1.00. The molecule has 1 aromatic heterocycles. The van der Waals surface area contributed by atoms with Crippen molar-refractivity contribution in [2.75, 3.05) is 13.6 Å². The highest BCUT2D eigenvalue weighted by molar-refractivity contribution is 7.07. The van der Waals surface area contributed by atoms with Crippen molar-refractivity contribution in [3.8, 4) is 0 Å². The van der Waals surface area contributed by atoms with Crippen molar-refractivity contribution in [1.29, 1.82) is 0 Å². The van der Waals surface area contributed by atoms with Gasteiger partial charge in [0, 0.05) is 18.6 Å². The van der Waals surface area contributed by atoms with E-state index in [1.165, 1.54) is 5.56 Å². The molecule has 0 aliphatic rings. The molecule has 1 aromatic rings. The van der Waals surface area contributed by atoms with Crippen molar-refractivity contribution in [1.82, 2.24) is 10.6 Å². The fourth-order valence-corrected chi connectivity index (χ4v) is 1.67. The molecule has 0 saturated heterocycles. The average Bonchev–Trinajstić information content (AvgIpc) is 2.57. The van der Waals surface area contributed by atoms with E-state index >= 15 is 0 Å². The van der Waals surface area contributed by atoms with Gasteiger partial charge in [-0.1, -0.05) is 0 Å². The summed E-state index contributed by atoms with van der Waals surface area (Å²) >= 11 is 1.75. The maximum Gasteiger partial charge on any atom is 0.0246 e. The van der Waals surface area contributed by atoms with E-state index in [1.807, 2.05) is 7.05 Å². The second-order valence-corrected chi connectivity index (χ2v) is 4.65. The quantitative estimate of drug-likeness (QED) is 0.754. The van der Waals surface area contributed by atoms with Gasteiger partial charge in [0.25, 0.3) is 0 Å². The van der Waals surface area contributed by atoms with Gasteiger partial charge in [0.1, 0.15) is 0 Å². The summed E-state index contributed by atoms with van der Waals surface area (Å²) in [5.41, 5.74) is 1.55. The minimum Gasteiger partial charge on any atom is -0.314 e. The van der Waals surface area contributed by atoms with Crippen molar-refractivity contribution in [3.63, 3.8) is 0 Å². The Morgan fingerprint density at radius 1 is 1.46 bits per heavy atom. The molecule has 0 aliphatic heterocycles. The van der Waals surface area contributed by atoms with Crippen LogP contribution in [0.3, 0.4) is 0 Å². The normalized spacial score (nSPS) is 11.9. The van der Waals surface area contributed by atoms with Gasteiger partial charge in [-0.2, -0.15) is 11.3 Å². The van der Waals surface area contributed by atoms with Gasteiger partial charge in [-0.25, -0.2) is 0 Å². The maximum atomic E-state index is 3.42. The highest BCUT2D eigenvalue weighted by Gasteiger charge is 2.12. The van der Waals surface area contributed by atoms with Crippen molar-refractivity contribution < 1.29 is 0 Å². The van der Waals surface area contributed by atoms with Crippen LogP contribution < -0.4 is 10.6 Å². The molecule has 0 unspecified atom stereocenters. The van der Waals surface area contributed by atoms with Gasteiger partial charge in [-0.15, -0.1) is 0 Å². The Kier molecular flexibility index (Phi) is 3.90. The number of rotatable bonds is 5. The first-order chi connectivity index (χ1) is 6.14. The highest BCUT2D eigenvalue weighted by atomic mass is 32.1. The maximum absolute atomic E-state index is 3.42. The lowest BCUT2D eigenvalue weighted by atomic mass is 10.1. The van der Waals surface area contributed by atoms with Crippen molar-refractivity contribution in [3.05, 3.63) is 22.4 Å². The summed E-state index contributed by atoms with van der Waals surface area (Å²) < 4.78 is 0. The van der Waals surface area contributed by atoms with Crippen LogP contribution in [0, 0.1) is 0 Å². The largest absolute Gasteiger partial charge is 0.314 e. The molecule has 0 saturated carbocycles. The zero-order chi connectivity index (χ0) is 9.73. The van der Waals surface area contributed by atoms with Crippen LogP contribution in [-0.2, 0) is 6.54 Å². The van der Waals surface area contributed by atoms with E-state index in [-0.39, 0.29) is 5.54 Å². The molecule has 0 aliphatic carbocycles.